The van der Waals surface area contributed by atoms with Crippen LogP contribution in [0, 0.1) is 5.92 Å². The third-order valence-electron chi connectivity index (χ3n) is 3.97. The van der Waals surface area contributed by atoms with Crippen LogP contribution in [0.25, 0.3) is 0 Å². The predicted molar refractivity (Wildman–Crippen MR) is 73.0 cm³/mol. The molecule has 5 heteroatoms. The topological polar surface area (TPSA) is 50.8 Å². The number of piperidine rings is 1. The Hall–Kier alpha value is -0.650. The van der Waals surface area contributed by atoms with Crippen molar-refractivity contribution < 1.29 is 14.3 Å². The lowest BCUT2D eigenvalue weighted by atomic mass is 10.1. The van der Waals surface area contributed by atoms with Crippen molar-refractivity contribution in [3.8, 4) is 0 Å². The van der Waals surface area contributed by atoms with Gasteiger partial charge in [0, 0.05) is 25.6 Å². The minimum Gasteiger partial charge on any atom is -0.381 e. The predicted octanol–water partition coefficient (Wildman–Crippen LogP) is 0.640. The summed E-state index contributed by atoms with van der Waals surface area (Å²) in [6, 6.07) is 0. The fourth-order valence-corrected chi connectivity index (χ4v) is 2.69. The van der Waals surface area contributed by atoms with Crippen LogP contribution in [-0.4, -0.2) is 62.9 Å². The number of nitrogens with zero attached hydrogens (tertiary/aromatic N) is 1. The maximum atomic E-state index is 12.1. The summed E-state index contributed by atoms with van der Waals surface area (Å²) in [5, 5.41) is 3.30. The zero-order valence-corrected chi connectivity index (χ0v) is 11.9. The van der Waals surface area contributed by atoms with Gasteiger partial charge in [-0.2, -0.15) is 0 Å². The Kier molecular flexibility index (Phi) is 6.07. The summed E-state index contributed by atoms with van der Waals surface area (Å²) < 4.78 is 11.1. The molecule has 110 valence electrons. The van der Waals surface area contributed by atoms with Gasteiger partial charge in [0.25, 0.3) is 0 Å². The van der Waals surface area contributed by atoms with Gasteiger partial charge in [-0.3, -0.25) is 4.79 Å². The van der Waals surface area contributed by atoms with E-state index in [2.05, 4.69) is 5.32 Å². The lowest BCUT2D eigenvalue weighted by molar-refractivity contribution is -0.139. The van der Waals surface area contributed by atoms with Crippen molar-refractivity contribution >= 4 is 5.91 Å². The van der Waals surface area contributed by atoms with Crippen LogP contribution >= 0.6 is 0 Å². The average molecular weight is 270 g/mol. The van der Waals surface area contributed by atoms with Crippen molar-refractivity contribution in [1.82, 2.24) is 10.2 Å². The summed E-state index contributed by atoms with van der Waals surface area (Å²) >= 11 is 0. The lowest BCUT2D eigenvalue weighted by Crippen LogP contribution is -2.40. The molecule has 0 aromatic rings. The number of hydrogen-bond acceptors (Lipinski definition) is 4. The van der Waals surface area contributed by atoms with Gasteiger partial charge >= 0.3 is 0 Å². The average Bonchev–Trinajstić information content (AvgIpc) is 2.96. The molecule has 2 aliphatic rings. The van der Waals surface area contributed by atoms with Gasteiger partial charge in [-0.15, -0.1) is 0 Å². The molecular formula is C14H26N2O3. The van der Waals surface area contributed by atoms with Crippen molar-refractivity contribution in [2.24, 2.45) is 5.92 Å². The number of ether oxygens (including phenoxy) is 2. The Labute approximate surface area is 115 Å². The highest BCUT2D eigenvalue weighted by molar-refractivity contribution is 5.77. The molecule has 5 nitrogen and oxygen atoms in total. The first kappa shape index (κ1) is 14.8. The normalized spacial score (nSPS) is 24.6. The Balaban J connectivity index is 1.69. The molecule has 19 heavy (non-hydrogen) atoms. The molecule has 2 fully saturated rings. The second-order valence-electron chi connectivity index (χ2n) is 5.42. The van der Waals surface area contributed by atoms with Crippen LogP contribution < -0.4 is 5.32 Å². The first-order valence-electron chi connectivity index (χ1n) is 7.47. The second kappa shape index (κ2) is 7.82. The molecule has 0 aliphatic carbocycles. The first-order valence-corrected chi connectivity index (χ1v) is 7.47. The van der Waals surface area contributed by atoms with Crippen LogP contribution in [0.2, 0.25) is 0 Å². The van der Waals surface area contributed by atoms with Crippen LogP contribution in [0.1, 0.15) is 26.2 Å². The van der Waals surface area contributed by atoms with Crippen molar-refractivity contribution in [2.75, 3.05) is 46.0 Å². The van der Waals surface area contributed by atoms with E-state index in [1.54, 1.807) is 0 Å². The van der Waals surface area contributed by atoms with Gasteiger partial charge in [-0.25, -0.2) is 0 Å². The number of carbonyl (C=O) groups excluding carboxylic acids is 1. The summed E-state index contributed by atoms with van der Waals surface area (Å²) in [7, 11) is 0. The zero-order chi connectivity index (χ0) is 13.5. The molecule has 0 radical (unpaired) electrons. The molecular weight excluding hydrogens is 244 g/mol. The highest BCUT2D eigenvalue weighted by atomic mass is 16.5. The fourth-order valence-electron chi connectivity index (χ4n) is 2.69. The Bertz CT molecular complexity index is 274. The van der Waals surface area contributed by atoms with Gasteiger partial charge in [-0.05, 0) is 39.3 Å². The molecule has 1 amide bonds. The van der Waals surface area contributed by atoms with Crippen molar-refractivity contribution in [2.45, 2.75) is 32.3 Å². The quantitative estimate of drug-likeness (QED) is 0.769. The van der Waals surface area contributed by atoms with Gasteiger partial charge in [0.2, 0.25) is 5.91 Å². The molecule has 0 aromatic carbocycles. The van der Waals surface area contributed by atoms with Crippen LogP contribution in [0.4, 0.5) is 0 Å². The molecule has 2 saturated heterocycles. The SMILES string of the molecule is CCN(CC1CCOC1)C(=O)COC1CCNCC1. The van der Waals surface area contributed by atoms with Crippen molar-refractivity contribution in [1.29, 1.82) is 0 Å². The van der Waals surface area contributed by atoms with E-state index in [0.29, 0.717) is 5.92 Å². The van der Waals surface area contributed by atoms with Gasteiger partial charge in [0.15, 0.2) is 0 Å². The third-order valence-corrected chi connectivity index (χ3v) is 3.97. The number of likely N-dealkylation sites (N-methyl/N-ethyl adjacent to an activating group) is 1. The zero-order valence-electron chi connectivity index (χ0n) is 11.9. The Morgan fingerprint density at radius 2 is 2.16 bits per heavy atom. The highest BCUT2D eigenvalue weighted by Gasteiger charge is 2.22. The van der Waals surface area contributed by atoms with E-state index in [0.717, 1.165) is 58.7 Å². The third kappa shape index (κ3) is 4.75. The van der Waals surface area contributed by atoms with Crippen molar-refractivity contribution in [3.05, 3.63) is 0 Å². The summed E-state index contributed by atoms with van der Waals surface area (Å²) in [6.45, 7) is 7.44. The van der Waals surface area contributed by atoms with Gasteiger partial charge in [0.05, 0.1) is 12.7 Å². The van der Waals surface area contributed by atoms with E-state index < -0.39 is 0 Å². The van der Waals surface area contributed by atoms with Gasteiger partial charge < -0.3 is 19.7 Å². The van der Waals surface area contributed by atoms with Crippen LogP contribution in [0.3, 0.4) is 0 Å². The molecule has 2 heterocycles. The minimum atomic E-state index is 0.118. The summed E-state index contributed by atoms with van der Waals surface area (Å²) in [5.41, 5.74) is 0. The van der Waals surface area contributed by atoms with E-state index in [4.69, 9.17) is 9.47 Å². The van der Waals surface area contributed by atoms with Crippen LogP contribution in [-0.2, 0) is 14.3 Å². The maximum absolute atomic E-state index is 12.1. The van der Waals surface area contributed by atoms with E-state index in [1.165, 1.54) is 0 Å². The van der Waals surface area contributed by atoms with E-state index in [9.17, 15) is 4.79 Å². The maximum Gasteiger partial charge on any atom is 0.248 e. The smallest absolute Gasteiger partial charge is 0.248 e. The number of nitrogens with one attached hydrogen (secondary N) is 1. The summed E-state index contributed by atoms with van der Waals surface area (Å²) in [4.78, 5) is 14.1. The van der Waals surface area contributed by atoms with Gasteiger partial charge in [0.1, 0.15) is 6.61 Å². The van der Waals surface area contributed by atoms with Crippen LogP contribution in [0.5, 0.6) is 0 Å². The standard InChI is InChI=1S/C14H26N2O3/c1-2-16(9-12-5-8-18-10-12)14(17)11-19-13-3-6-15-7-4-13/h12-13,15H,2-11H2,1H3. The molecule has 0 saturated carbocycles. The molecule has 1 N–H and O–H groups in total. The molecule has 0 aromatic heterocycles. The second-order valence-corrected chi connectivity index (χ2v) is 5.42. The number of rotatable bonds is 6. The number of amides is 1. The van der Waals surface area contributed by atoms with Crippen molar-refractivity contribution in [3.63, 3.8) is 0 Å². The molecule has 1 unspecified atom stereocenters. The monoisotopic (exact) mass is 270 g/mol. The Morgan fingerprint density at radius 1 is 1.37 bits per heavy atom. The molecule has 2 aliphatic heterocycles. The minimum absolute atomic E-state index is 0.118. The van der Waals surface area contributed by atoms with E-state index in [-0.39, 0.29) is 18.6 Å². The van der Waals surface area contributed by atoms with Crippen LogP contribution in [0.15, 0.2) is 0 Å². The molecule has 2 rings (SSSR count). The first-order chi connectivity index (χ1) is 9.29. The largest absolute Gasteiger partial charge is 0.381 e. The number of hydrogen-bond donors (Lipinski definition) is 1. The summed E-state index contributed by atoms with van der Waals surface area (Å²) in [6.07, 6.45) is 3.34. The molecule has 1 atom stereocenters. The van der Waals surface area contributed by atoms with E-state index in [1.807, 2.05) is 11.8 Å². The molecule has 0 spiro atoms. The lowest BCUT2D eigenvalue weighted by Gasteiger charge is -2.26. The highest BCUT2D eigenvalue weighted by Crippen LogP contribution is 2.14. The van der Waals surface area contributed by atoms with Gasteiger partial charge in [-0.1, -0.05) is 0 Å². The van der Waals surface area contributed by atoms with E-state index >= 15 is 0 Å². The fraction of sp³-hybridized carbons (Fsp3) is 0.929. The number of carbonyl (C=O) groups is 1. The molecule has 0 bridgehead atoms. The Morgan fingerprint density at radius 3 is 2.79 bits per heavy atom. The summed E-state index contributed by atoms with van der Waals surface area (Å²) in [5.74, 6) is 0.621.